The van der Waals surface area contributed by atoms with Crippen LogP contribution in [0, 0.1) is 5.41 Å². The Kier molecular flexibility index (Phi) is 3.55. The predicted molar refractivity (Wildman–Crippen MR) is 69.1 cm³/mol. The topological polar surface area (TPSA) is 53.2 Å². The van der Waals surface area contributed by atoms with Crippen molar-refractivity contribution in [2.24, 2.45) is 5.41 Å². The summed E-state index contributed by atoms with van der Waals surface area (Å²) in [4.78, 5) is 28.7. The van der Waals surface area contributed by atoms with Crippen LogP contribution in [-0.4, -0.2) is 34.7 Å². The van der Waals surface area contributed by atoms with Crippen LogP contribution in [0.15, 0.2) is 18.3 Å². The lowest BCUT2D eigenvalue weighted by molar-refractivity contribution is -0.140. The number of H-pyrrole nitrogens is 1. The molecule has 0 aliphatic carbocycles. The first-order valence-electron chi connectivity index (χ1n) is 6.42. The number of likely N-dealkylation sites (tertiary alicyclic amines) is 1. The third-order valence-electron chi connectivity index (χ3n) is 3.57. The second-order valence-corrected chi connectivity index (χ2v) is 5.57. The third-order valence-corrected chi connectivity index (χ3v) is 3.57. The first-order valence-corrected chi connectivity index (χ1v) is 6.42. The van der Waals surface area contributed by atoms with E-state index < -0.39 is 0 Å². The summed E-state index contributed by atoms with van der Waals surface area (Å²) in [7, 11) is 0. The number of amides is 1. The largest absolute Gasteiger partial charge is 0.365 e. The van der Waals surface area contributed by atoms with Crippen molar-refractivity contribution in [2.45, 2.75) is 33.1 Å². The quantitative estimate of drug-likeness (QED) is 0.886. The number of aromatic amines is 1. The molecule has 4 nitrogen and oxygen atoms in total. The monoisotopic (exact) mass is 248 g/mol. The van der Waals surface area contributed by atoms with Gasteiger partial charge in [-0.15, -0.1) is 0 Å². The molecule has 18 heavy (non-hydrogen) atoms. The van der Waals surface area contributed by atoms with Gasteiger partial charge in [-0.3, -0.25) is 9.59 Å². The first kappa shape index (κ1) is 12.9. The number of carbonyl (C=O) groups is 2. The minimum Gasteiger partial charge on any atom is -0.365 e. The van der Waals surface area contributed by atoms with Gasteiger partial charge in [0.05, 0.1) is 0 Å². The summed E-state index contributed by atoms with van der Waals surface area (Å²) < 4.78 is 0. The minimum atomic E-state index is -0.389. The molecule has 0 spiro atoms. The maximum atomic E-state index is 12.1. The van der Waals surface area contributed by atoms with E-state index in [1.165, 1.54) is 0 Å². The van der Waals surface area contributed by atoms with Crippen molar-refractivity contribution in [1.29, 1.82) is 0 Å². The van der Waals surface area contributed by atoms with Gasteiger partial charge in [-0.2, -0.15) is 0 Å². The maximum Gasteiger partial charge on any atom is 0.222 e. The summed E-state index contributed by atoms with van der Waals surface area (Å²) in [6.07, 6.45) is 3.59. The van der Waals surface area contributed by atoms with Crippen LogP contribution in [0.1, 0.15) is 32.4 Å². The fraction of sp³-hybridized carbons (Fsp3) is 0.571. The van der Waals surface area contributed by atoms with Crippen LogP contribution < -0.4 is 0 Å². The van der Waals surface area contributed by atoms with E-state index in [-0.39, 0.29) is 17.1 Å². The van der Waals surface area contributed by atoms with Gasteiger partial charge >= 0.3 is 0 Å². The van der Waals surface area contributed by atoms with Gasteiger partial charge in [-0.05, 0) is 18.6 Å². The van der Waals surface area contributed by atoms with E-state index in [1.54, 1.807) is 0 Å². The molecule has 0 aromatic carbocycles. The molecule has 1 aromatic heterocycles. The molecule has 2 rings (SSSR count). The average Bonchev–Trinajstić information content (AvgIpc) is 2.82. The Labute approximate surface area is 107 Å². The Morgan fingerprint density at radius 3 is 2.89 bits per heavy atom. The van der Waals surface area contributed by atoms with Crippen LogP contribution in [0.25, 0.3) is 0 Å². The molecule has 1 N–H and O–H groups in total. The summed E-state index contributed by atoms with van der Waals surface area (Å²) in [5.41, 5.74) is 0.691. The standard InChI is InChI=1S/C14H20N2O2/c1-14(2)10-16(9-7-12(14)17)13(18)6-5-11-4-3-8-15-11/h3-4,8,15H,5-7,9-10H2,1-2H3. The zero-order valence-corrected chi connectivity index (χ0v) is 11.0. The second-order valence-electron chi connectivity index (χ2n) is 5.57. The molecular formula is C14H20N2O2. The van der Waals surface area contributed by atoms with E-state index in [4.69, 9.17) is 0 Å². The number of carbonyl (C=O) groups excluding carboxylic acids is 2. The van der Waals surface area contributed by atoms with E-state index in [2.05, 4.69) is 4.98 Å². The van der Waals surface area contributed by atoms with E-state index in [0.717, 1.165) is 12.1 Å². The maximum absolute atomic E-state index is 12.1. The summed E-state index contributed by atoms with van der Waals surface area (Å²) in [6, 6.07) is 3.92. The fourth-order valence-electron chi connectivity index (χ4n) is 2.35. The highest BCUT2D eigenvalue weighted by molar-refractivity contribution is 5.87. The molecule has 0 atom stereocenters. The third kappa shape index (κ3) is 2.81. The van der Waals surface area contributed by atoms with E-state index in [0.29, 0.717) is 25.9 Å². The summed E-state index contributed by atoms with van der Waals surface area (Å²) >= 11 is 0. The van der Waals surface area contributed by atoms with Gasteiger partial charge < -0.3 is 9.88 Å². The number of piperidine rings is 1. The lowest BCUT2D eigenvalue weighted by Gasteiger charge is -2.36. The molecule has 1 amide bonds. The highest BCUT2D eigenvalue weighted by Gasteiger charge is 2.35. The van der Waals surface area contributed by atoms with Crippen molar-refractivity contribution in [3.63, 3.8) is 0 Å². The summed E-state index contributed by atoms with van der Waals surface area (Å²) in [6.45, 7) is 4.96. The Hall–Kier alpha value is -1.58. The number of hydrogen-bond donors (Lipinski definition) is 1. The van der Waals surface area contributed by atoms with Gasteiger partial charge in [0, 0.05) is 43.2 Å². The lowest BCUT2D eigenvalue weighted by atomic mass is 9.82. The number of nitrogens with zero attached hydrogens (tertiary/aromatic N) is 1. The zero-order chi connectivity index (χ0) is 13.2. The molecule has 4 heteroatoms. The van der Waals surface area contributed by atoms with E-state index in [1.807, 2.05) is 37.1 Å². The molecule has 0 unspecified atom stereocenters. The molecule has 2 heterocycles. The number of hydrogen-bond acceptors (Lipinski definition) is 2. The first-order chi connectivity index (χ1) is 8.49. The van der Waals surface area contributed by atoms with Gasteiger partial charge in [-0.1, -0.05) is 13.8 Å². The average molecular weight is 248 g/mol. The molecule has 1 aromatic rings. The highest BCUT2D eigenvalue weighted by Crippen LogP contribution is 2.25. The van der Waals surface area contributed by atoms with Crippen LogP contribution in [0.5, 0.6) is 0 Å². The second kappa shape index (κ2) is 4.96. The Morgan fingerprint density at radius 2 is 2.28 bits per heavy atom. The molecule has 1 saturated heterocycles. The Balaban J connectivity index is 1.88. The molecule has 98 valence electrons. The fourth-order valence-corrected chi connectivity index (χ4v) is 2.35. The van der Waals surface area contributed by atoms with Crippen molar-refractivity contribution < 1.29 is 9.59 Å². The number of aromatic nitrogens is 1. The van der Waals surface area contributed by atoms with E-state index >= 15 is 0 Å². The molecule has 1 fully saturated rings. The molecule has 0 saturated carbocycles. The van der Waals surface area contributed by atoms with Gasteiger partial charge in [0.2, 0.25) is 5.91 Å². The Bertz CT molecular complexity index is 435. The van der Waals surface area contributed by atoms with Crippen LogP contribution in [0.3, 0.4) is 0 Å². The normalized spacial score (nSPS) is 19.0. The van der Waals surface area contributed by atoms with Crippen LogP contribution in [0.2, 0.25) is 0 Å². The van der Waals surface area contributed by atoms with Gasteiger partial charge in [-0.25, -0.2) is 0 Å². The van der Waals surface area contributed by atoms with Gasteiger partial charge in [0.25, 0.3) is 0 Å². The smallest absolute Gasteiger partial charge is 0.222 e. The van der Waals surface area contributed by atoms with Gasteiger partial charge in [0.15, 0.2) is 0 Å². The molecule has 0 radical (unpaired) electrons. The van der Waals surface area contributed by atoms with Crippen molar-refractivity contribution in [1.82, 2.24) is 9.88 Å². The molecule has 0 bridgehead atoms. The molecular weight excluding hydrogens is 228 g/mol. The number of Topliss-reactive ketones (excluding diaryl/α,β-unsaturated/α-hetero) is 1. The molecule has 1 aliphatic heterocycles. The van der Waals surface area contributed by atoms with Crippen molar-refractivity contribution in [2.75, 3.05) is 13.1 Å². The highest BCUT2D eigenvalue weighted by atomic mass is 16.2. The number of ketones is 1. The van der Waals surface area contributed by atoms with Crippen LogP contribution in [-0.2, 0) is 16.0 Å². The molecule has 1 aliphatic rings. The summed E-state index contributed by atoms with van der Waals surface area (Å²) in [5, 5.41) is 0. The van der Waals surface area contributed by atoms with Crippen molar-refractivity contribution in [3.8, 4) is 0 Å². The van der Waals surface area contributed by atoms with Crippen molar-refractivity contribution in [3.05, 3.63) is 24.0 Å². The number of aryl methyl sites for hydroxylation is 1. The van der Waals surface area contributed by atoms with Crippen molar-refractivity contribution >= 4 is 11.7 Å². The number of rotatable bonds is 3. The predicted octanol–water partition coefficient (Wildman–Crippen LogP) is 1.77. The SMILES string of the molecule is CC1(C)CN(C(=O)CCc2ccc[nH]2)CCC1=O. The van der Waals surface area contributed by atoms with Gasteiger partial charge in [0.1, 0.15) is 5.78 Å². The Morgan fingerprint density at radius 1 is 1.50 bits per heavy atom. The number of nitrogens with one attached hydrogen (secondary N) is 1. The van der Waals surface area contributed by atoms with Crippen LogP contribution in [0.4, 0.5) is 0 Å². The van der Waals surface area contributed by atoms with E-state index in [9.17, 15) is 9.59 Å². The van der Waals surface area contributed by atoms with Crippen LogP contribution >= 0.6 is 0 Å². The summed E-state index contributed by atoms with van der Waals surface area (Å²) in [5.74, 6) is 0.404. The minimum absolute atomic E-state index is 0.144. The zero-order valence-electron chi connectivity index (χ0n) is 11.0. The lowest BCUT2D eigenvalue weighted by Crippen LogP contribution is -2.48.